The molecule has 4 aromatic rings. The number of aliphatic hydroxyl groups is 1. The van der Waals surface area contributed by atoms with Crippen LogP contribution in [0.3, 0.4) is 0 Å². The third-order valence-corrected chi connectivity index (χ3v) is 8.19. The quantitative estimate of drug-likeness (QED) is 0.0681. The SMILES string of the molecule is [N-]=[N+]=NCc1ccccc1C[C@@]1(C(=O)NCc2ccc(Cl)c(Cl)c2)N=C(c2ccc(OCCCO)cc2)O[C@@H]1c1ccccc1. The van der Waals surface area contributed by atoms with Crippen molar-refractivity contribution in [3.63, 3.8) is 0 Å². The fraction of sp³-hybridized carbons (Fsp3) is 0.235. The number of benzene rings is 4. The number of azide groups is 1. The summed E-state index contributed by atoms with van der Waals surface area (Å²) in [7, 11) is 0. The van der Waals surface area contributed by atoms with Gasteiger partial charge in [-0.2, -0.15) is 0 Å². The van der Waals surface area contributed by atoms with E-state index in [-0.39, 0.29) is 32.0 Å². The van der Waals surface area contributed by atoms with Gasteiger partial charge in [-0.25, -0.2) is 4.99 Å². The molecule has 1 aliphatic rings. The molecule has 1 aliphatic heterocycles. The molecule has 11 heteroatoms. The highest BCUT2D eigenvalue weighted by Crippen LogP contribution is 2.43. The van der Waals surface area contributed by atoms with E-state index in [4.69, 9.17) is 48.3 Å². The lowest BCUT2D eigenvalue weighted by atomic mass is 9.81. The van der Waals surface area contributed by atoms with Gasteiger partial charge in [0.2, 0.25) is 5.90 Å². The largest absolute Gasteiger partial charge is 0.494 e. The van der Waals surface area contributed by atoms with Crippen LogP contribution < -0.4 is 10.1 Å². The number of ether oxygens (including phenoxy) is 2. The Labute approximate surface area is 271 Å². The van der Waals surface area contributed by atoms with Crippen LogP contribution in [0.25, 0.3) is 10.4 Å². The van der Waals surface area contributed by atoms with Crippen molar-refractivity contribution in [1.29, 1.82) is 0 Å². The van der Waals surface area contributed by atoms with Crippen LogP contribution in [0.15, 0.2) is 107 Å². The molecule has 0 unspecified atom stereocenters. The van der Waals surface area contributed by atoms with Crippen LogP contribution in [0, 0.1) is 0 Å². The maximum atomic E-state index is 14.5. The molecule has 45 heavy (non-hydrogen) atoms. The third kappa shape index (κ3) is 7.59. The standard InChI is InChI=1S/C34H31Cl2N5O4/c35-29-16-11-23(19-30(29)36)21-38-33(43)34(20-26-9-4-5-10-27(26)22-39-41-37)31(24-7-2-1-3-8-24)45-32(40-34)25-12-14-28(15-13-25)44-18-6-17-42/h1-5,7-16,19,31,42H,6,17-18,20-22H2,(H,38,43)/t31-,34-/m1/s1. The molecule has 4 aromatic carbocycles. The monoisotopic (exact) mass is 643 g/mol. The van der Waals surface area contributed by atoms with Crippen molar-refractivity contribution in [3.8, 4) is 5.75 Å². The van der Waals surface area contributed by atoms with Gasteiger partial charge < -0.3 is 19.9 Å². The second-order valence-corrected chi connectivity index (χ2v) is 11.3. The van der Waals surface area contributed by atoms with E-state index in [1.165, 1.54) is 0 Å². The highest BCUT2D eigenvalue weighted by Gasteiger charge is 2.53. The summed E-state index contributed by atoms with van der Waals surface area (Å²) < 4.78 is 12.3. The predicted octanol–water partition coefficient (Wildman–Crippen LogP) is 7.38. The molecule has 5 rings (SSSR count). The molecule has 0 aliphatic carbocycles. The lowest BCUT2D eigenvalue weighted by Crippen LogP contribution is -2.49. The molecule has 0 aromatic heterocycles. The average Bonchev–Trinajstić information content (AvgIpc) is 3.46. The Morgan fingerprint density at radius 2 is 1.73 bits per heavy atom. The van der Waals surface area contributed by atoms with Crippen LogP contribution in [0.2, 0.25) is 10.0 Å². The maximum Gasteiger partial charge on any atom is 0.252 e. The van der Waals surface area contributed by atoms with Gasteiger partial charge >= 0.3 is 0 Å². The van der Waals surface area contributed by atoms with Crippen LogP contribution >= 0.6 is 23.2 Å². The van der Waals surface area contributed by atoms with Crippen molar-refractivity contribution >= 4 is 35.0 Å². The van der Waals surface area contributed by atoms with E-state index >= 15 is 0 Å². The summed E-state index contributed by atoms with van der Waals surface area (Å²) >= 11 is 12.4. The highest BCUT2D eigenvalue weighted by molar-refractivity contribution is 6.42. The Balaban J connectivity index is 1.58. The van der Waals surface area contributed by atoms with Gasteiger partial charge in [-0.05, 0) is 64.2 Å². The van der Waals surface area contributed by atoms with Crippen molar-refractivity contribution in [2.24, 2.45) is 10.1 Å². The Bertz CT molecular complexity index is 1710. The topological polar surface area (TPSA) is 129 Å². The number of aliphatic imine (C=N–C) groups is 1. The fourth-order valence-electron chi connectivity index (χ4n) is 5.18. The number of carbonyl (C=O) groups excluding carboxylic acids is 1. The summed E-state index contributed by atoms with van der Waals surface area (Å²) in [6.45, 7) is 0.744. The molecule has 1 heterocycles. The van der Waals surface area contributed by atoms with E-state index in [9.17, 15) is 4.79 Å². The predicted molar refractivity (Wildman–Crippen MR) is 174 cm³/mol. The zero-order valence-corrected chi connectivity index (χ0v) is 25.8. The minimum atomic E-state index is -1.43. The average molecular weight is 645 g/mol. The summed E-state index contributed by atoms with van der Waals surface area (Å²) in [5.41, 5.74) is 11.4. The molecule has 0 spiro atoms. The zero-order chi connectivity index (χ0) is 31.6. The molecule has 0 saturated heterocycles. The van der Waals surface area contributed by atoms with E-state index < -0.39 is 11.6 Å². The molecule has 2 N–H and O–H groups in total. The number of hydrogen-bond donors (Lipinski definition) is 2. The van der Waals surface area contributed by atoms with Crippen molar-refractivity contribution in [2.45, 2.75) is 37.6 Å². The smallest absolute Gasteiger partial charge is 0.252 e. The molecule has 9 nitrogen and oxygen atoms in total. The fourth-order valence-corrected chi connectivity index (χ4v) is 5.50. The third-order valence-electron chi connectivity index (χ3n) is 7.45. The van der Waals surface area contributed by atoms with Crippen LogP contribution in [-0.4, -0.2) is 35.7 Å². The first-order valence-electron chi connectivity index (χ1n) is 14.4. The summed E-state index contributed by atoms with van der Waals surface area (Å²) in [6, 6.07) is 29.5. The lowest BCUT2D eigenvalue weighted by Gasteiger charge is -2.31. The van der Waals surface area contributed by atoms with Gasteiger partial charge in [-0.15, -0.1) is 0 Å². The number of nitrogens with zero attached hydrogens (tertiary/aromatic N) is 4. The van der Waals surface area contributed by atoms with Gasteiger partial charge in [0.05, 0.1) is 23.2 Å². The van der Waals surface area contributed by atoms with Crippen molar-refractivity contribution in [1.82, 2.24) is 5.32 Å². The van der Waals surface area contributed by atoms with E-state index in [1.54, 1.807) is 30.3 Å². The Morgan fingerprint density at radius 1 is 1.00 bits per heavy atom. The first-order chi connectivity index (χ1) is 21.9. The summed E-state index contributed by atoms with van der Waals surface area (Å²) in [4.78, 5) is 22.5. The summed E-state index contributed by atoms with van der Waals surface area (Å²) in [5, 5.41) is 16.7. The zero-order valence-electron chi connectivity index (χ0n) is 24.3. The molecular weight excluding hydrogens is 613 g/mol. The number of nitrogens with one attached hydrogen (secondary N) is 1. The highest BCUT2D eigenvalue weighted by atomic mass is 35.5. The number of amides is 1. The van der Waals surface area contributed by atoms with Crippen LogP contribution in [0.4, 0.5) is 0 Å². The molecule has 0 fully saturated rings. The molecule has 0 radical (unpaired) electrons. The van der Waals surface area contributed by atoms with Gasteiger partial charge in [0.25, 0.3) is 5.91 Å². The first-order valence-corrected chi connectivity index (χ1v) is 15.1. The number of halogens is 2. The number of rotatable bonds is 13. The van der Waals surface area contributed by atoms with Gasteiger partial charge in [-0.3, -0.25) is 4.79 Å². The molecule has 0 saturated carbocycles. The molecule has 0 bridgehead atoms. The van der Waals surface area contributed by atoms with Crippen LogP contribution in [0.1, 0.15) is 40.3 Å². The van der Waals surface area contributed by atoms with Gasteiger partial charge in [-0.1, -0.05) is 89.0 Å². The van der Waals surface area contributed by atoms with E-state index in [0.29, 0.717) is 40.3 Å². The van der Waals surface area contributed by atoms with Crippen molar-refractivity contribution in [3.05, 3.63) is 145 Å². The van der Waals surface area contributed by atoms with E-state index in [2.05, 4.69) is 15.3 Å². The Morgan fingerprint density at radius 3 is 2.44 bits per heavy atom. The van der Waals surface area contributed by atoms with Gasteiger partial charge in [0.1, 0.15) is 5.75 Å². The molecular formula is C34H31Cl2N5O4. The number of aliphatic hydroxyl groups excluding tert-OH is 1. The first kappa shape index (κ1) is 31.9. The van der Waals surface area contributed by atoms with E-state index in [0.717, 1.165) is 22.3 Å². The maximum absolute atomic E-state index is 14.5. The number of carbonyl (C=O) groups is 1. The molecule has 2 atom stereocenters. The Kier molecular flexibility index (Phi) is 10.6. The van der Waals surface area contributed by atoms with E-state index in [1.807, 2.05) is 66.7 Å². The minimum Gasteiger partial charge on any atom is -0.494 e. The lowest BCUT2D eigenvalue weighted by molar-refractivity contribution is -0.129. The van der Waals surface area contributed by atoms with Crippen molar-refractivity contribution in [2.75, 3.05) is 13.2 Å². The summed E-state index contributed by atoms with van der Waals surface area (Å²) in [6.07, 6.45) is -0.0874. The Hall–Kier alpha value is -4.53. The second-order valence-electron chi connectivity index (χ2n) is 10.5. The van der Waals surface area contributed by atoms with Crippen LogP contribution in [-0.2, 0) is 29.0 Å². The minimum absolute atomic E-state index is 0.0464. The van der Waals surface area contributed by atoms with Gasteiger partial charge in [0.15, 0.2) is 11.6 Å². The normalized spacial score (nSPS) is 17.1. The number of hydrogen-bond acceptors (Lipinski definition) is 6. The second kappa shape index (κ2) is 15.0. The summed E-state index contributed by atoms with van der Waals surface area (Å²) in [5.74, 6) is 0.603. The molecule has 1 amide bonds. The van der Waals surface area contributed by atoms with Crippen LogP contribution in [0.5, 0.6) is 5.75 Å². The van der Waals surface area contributed by atoms with Gasteiger partial charge in [0, 0.05) is 36.5 Å². The molecule has 230 valence electrons. The van der Waals surface area contributed by atoms with Crippen molar-refractivity contribution < 1.29 is 19.4 Å².